The van der Waals surface area contributed by atoms with Crippen LogP contribution in [0.1, 0.15) is 56.7 Å². The van der Waals surface area contributed by atoms with Gasteiger partial charge in [-0.25, -0.2) is 0 Å². The first-order valence-corrected chi connectivity index (χ1v) is 11.3. The van der Waals surface area contributed by atoms with Crippen molar-refractivity contribution >= 4 is 17.4 Å². The monoisotopic (exact) mass is 453 g/mol. The molecule has 1 heterocycles. The summed E-state index contributed by atoms with van der Waals surface area (Å²) in [5, 5.41) is 21.5. The molecule has 33 heavy (non-hydrogen) atoms. The maximum atomic E-state index is 13.1. The van der Waals surface area contributed by atoms with Crippen LogP contribution in [0.3, 0.4) is 0 Å². The summed E-state index contributed by atoms with van der Waals surface area (Å²) in [6, 6.07) is 10.7. The number of hydrogen-bond donors (Lipinski definition) is 2. The predicted molar refractivity (Wildman–Crippen MR) is 125 cm³/mol. The smallest absolute Gasteiger partial charge is 0.295 e. The number of benzene rings is 2. The molecule has 1 aliphatic heterocycles. The minimum atomic E-state index is -0.820. The summed E-state index contributed by atoms with van der Waals surface area (Å²) in [4.78, 5) is 27.5. The number of carbonyl (C=O) groups excluding carboxylic acids is 2. The lowest BCUT2D eigenvalue weighted by atomic mass is 9.95. The fourth-order valence-electron chi connectivity index (χ4n) is 3.98. The van der Waals surface area contributed by atoms with E-state index in [2.05, 4.69) is 6.92 Å². The quantitative estimate of drug-likeness (QED) is 0.232. The maximum absolute atomic E-state index is 13.1. The number of hydrogen-bond acceptors (Lipinski definition) is 6. The number of phenolic OH excluding ortho intramolecular Hbond substituents is 1. The first-order valence-electron chi connectivity index (χ1n) is 11.3. The van der Waals surface area contributed by atoms with Crippen molar-refractivity contribution in [3.63, 3.8) is 0 Å². The van der Waals surface area contributed by atoms with Crippen molar-refractivity contribution in [2.45, 2.75) is 45.6 Å². The molecule has 2 aromatic carbocycles. The van der Waals surface area contributed by atoms with Crippen LogP contribution in [-0.2, 0) is 9.59 Å². The molecular formula is C26H31NO6. The van der Waals surface area contributed by atoms with E-state index in [1.165, 1.54) is 18.1 Å². The van der Waals surface area contributed by atoms with Crippen LogP contribution in [0.15, 0.2) is 48.0 Å². The van der Waals surface area contributed by atoms with Crippen LogP contribution in [-0.4, -0.2) is 47.1 Å². The summed E-state index contributed by atoms with van der Waals surface area (Å²) in [6.45, 7) is 4.94. The van der Waals surface area contributed by atoms with E-state index < -0.39 is 17.7 Å². The van der Waals surface area contributed by atoms with Crippen molar-refractivity contribution in [3.8, 4) is 17.2 Å². The van der Waals surface area contributed by atoms with Gasteiger partial charge in [0.15, 0.2) is 11.5 Å². The van der Waals surface area contributed by atoms with Crippen molar-refractivity contribution < 1.29 is 29.3 Å². The van der Waals surface area contributed by atoms with Gasteiger partial charge in [0.25, 0.3) is 11.7 Å². The molecule has 1 fully saturated rings. The Labute approximate surface area is 194 Å². The van der Waals surface area contributed by atoms with Gasteiger partial charge in [0.2, 0.25) is 0 Å². The number of carbonyl (C=O) groups is 2. The van der Waals surface area contributed by atoms with Crippen molar-refractivity contribution in [3.05, 3.63) is 59.2 Å². The Kier molecular flexibility index (Phi) is 7.98. The van der Waals surface area contributed by atoms with E-state index in [1.54, 1.807) is 36.4 Å². The average molecular weight is 454 g/mol. The Morgan fingerprint density at radius 3 is 2.52 bits per heavy atom. The zero-order valence-electron chi connectivity index (χ0n) is 19.3. The molecule has 7 nitrogen and oxygen atoms in total. The second-order valence-electron chi connectivity index (χ2n) is 8.01. The van der Waals surface area contributed by atoms with Gasteiger partial charge in [-0.3, -0.25) is 9.59 Å². The highest BCUT2D eigenvalue weighted by Crippen LogP contribution is 2.42. The lowest BCUT2D eigenvalue weighted by Gasteiger charge is -2.25. The number of nitrogens with zero attached hydrogens (tertiary/aromatic N) is 1. The molecule has 0 saturated carbocycles. The van der Waals surface area contributed by atoms with Gasteiger partial charge in [-0.1, -0.05) is 44.9 Å². The zero-order valence-corrected chi connectivity index (χ0v) is 19.3. The Balaban J connectivity index is 2.11. The molecule has 1 aliphatic rings. The van der Waals surface area contributed by atoms with E-state index in [9.17, 15) is 19.8 Å². The Morgan fingerprint density at radius 2 is 1.85 bits per heavy atom. The molecule has 0 aliphatic carbocycles. The summed E-state index contributed by atoms with van der Waals surface area (Å²) in [7, 11) is 1.44. The van der Waals surface area contributed by atoms with E-state index in [4.69, 9.17) is 9.47 Å². The number of ether oxygens (including phenoxy) is 2. The van der Waals surface area contributed by atoms with Crippen molar-refractivity contribution in [1.82, 2.24) is 4.90 Å². The van der Waals surface area contributed by atoms with Crippen LogP contribution in [0.2, 0.25) is 0 Å². The first kappa shape index (κ1) is 24.2. The molecule has 0 bridgehead atoms. The molecule has 1 unspecified atom stereocenters. The number of aliphatic hydroxyl groups excluding tert-OH is 1. The van der Waals surface area contributed by atoms with E-state index in [0.29, 0.717) is 30.0 Å². The van der Waals surface area contributed by atoms with Crippen molar-refractivity contribution in [2.24, 2.45) is 0 Å². The largest absolute Gasteiger partial charge is 0.507 e. The number of Topliss-reactive ketones (excluding diaryl/α,β-unsaturated/α-hetero) is 1. The van der Waals surface area contributed by atoms with Gasteiger partial charge in [-0.05, 0) is 42.7 Å². The van der Waals surface area contributed by atoms with Crippen LogP contribution in [0.5, 0.6) is 17.2 Å². The molecule has 176 valence electrons. The molecule has 2 aromatic rings. The fraction of sp³-hybridized carbons (Fsp3) is 0.385. The van der Waals surface area contributed by atoms with Gasteiger partial charge in [0, 0.05) is 12.1 Å². The van der Waals surface area contributed by atoms with Crippen LogP contribution >= 0.6 is 0 Å². The number of amides is 1. The molecule has 7 heteroatoms. The summed E-state index contributed by atoms with van der Waals surface area (Å²) in [6.07, 6.45) is 3.42. The second-order valence-corrected chi connectivity index (χ2v) is 8.01. The van der Waals surface area contributed by atoms with Gasteiger partial charge in [-0.15, -0.1) is 0 Å². The van der Waals surface area contributed by atoms with E-state index in [-0.39, 0.29) is 22.8 Å². The molecule has 0 aromatic heterocycles. The fourth-order valence-corrected chi connectivity index (χ4v) is 3.98. The SMILES string of the molecule is CCCCCN1C(=O)C(=O)/C(=C(\O)c2cccc(OCCC)c2)C1c1ccc(OC)c(O)c1. The number of rotatable bonds is 10. The number of unbranched alkanes of at least 4 members (excludes halogenated alkanes) is 2. The topological polar surface area (TPSA) is 96.3 Å². The van der Waals surface area contributed by atoms with E-state index in [0.717, 1.165) is 25.7 Å². The number of methoxy groups -OCH3 is 1. The summed E-state index contributed by atoms with van der Waals surface area (Å²) in [5.74, 6) is -0.938. The minimum Gasteiger partial charge on any atom is -0.507 e. The summed E-state index contributed by atoms with van der Waals surface area (Å²) in [5.41, 5.74) is 0.899. The number of likely N-dealkylation sites (tertiary alicyclic amines) is 1. The highest BCUT2D eigenvalue weighted by molar-refractivity contribution is 6.46. The normalized spacial score (nSPS) is 17.4. The van der Waals surface area contributed by atoms with Crippen LogP contribution in [0, 0.1) is 0 Å². The zero-order chi connectivity index (χ0) is 24.0. The Morgan fingerprint density at radius 1 is 1.06 bits per heavy atom. The molecule has 3 rings (SSSR count). The van der Waals surface area contributed by atoms with Crippen molar-refractivity contribution in [1.29, 1.82) is 0 Å². The van der Waals surface area contributed by atoms with Crippen LogP contribution < -0.4 is 9.47 Å². The second kappa shape index (κ2) is 10.9. The first-order chi connectivity index (χ1) is 15.9. The highest BCUT2D eigenvalue weighted by atomic mass is 16.5. The molecule has 1 saturated heterocycles. The number of aromatic hydroxyl groups is 1. The van der Waals surface area contributed by atoms with Gasteiger partial charge in [0.05, 0.1) is 25.3 Å². The molecule has 0 spiro atoms. The lowest BCUT2D eigenvalue weighted by Crippen LogP contribution is -2.30. The van der Waals surface area contributed by atoms with Gasteiger partial charge in [0.1, 0.15) is 11.5 Å². The third-order valence-corrected chi connectivity index (χ3v) is 5.64. The molecule has 0 radical (unpaired) electrons. The summed E-state index contributed by atoms with van der Waals surface area (Å²) < 4.78 is 10.8. The van der Waals surface area contributed by atoms with Crippen molar-refractivity contribution in [2.75, 3.05) is 20.3 Å². The third-order valence-electron chi connectivity index (χ3n) is 5.64. The Bertz CT molecular complexity index is 1040. The van der Waals surface area contributed by atoms with E-state index >= 15 is 0 Å². The molecule has 1 amide bonds. The Hall–Kier alpha value is -3.48. The van der Waals surface area contributed by atoms with Gasteiger partial charge >= 0.3 is 0 Å². The number of ketones is 1. The molecule has 2 N–H and O–H groups in total. The maximum Gasteiger partial charge on any atom is 0.295 e. The van der Waals surface area contributed by atoms with Gasteiger partial charge < -0.3 is 24.6 Å². The number of phenols is 1. The molecule has 1 atom stereocenters. The van der Waals surface area contributed by atoms with Crippen LogP contribution in [0.25, 0.3) is 5.76 Å². The lowest BCUT2D eigenvalue weighted by molar-refractivity contribution is -0.139. The summed E-state index contributed by atoms with van der Waals surface area (Å²) >= 11 is 0. The van der Waals surface area contributed by atoms with Crippen LogP contribution in [0.4, 0.5) is 0 Å². The highest BCUT2D eigenvalue weighted by Gasteiger charge is 2.46. The minimum absolute atomic E-state index is 0.00583. The average Bonchev–Trinajstić information content (AvgIpc) is 3.07. The van der Waals surface area contributed by atoms with E-state index in [1.807, 2.05) is 6.92 Å². The number of aliphatic hydroxyl groups is 1. The standard InChI is InChI=1S/C26H31NO6/c1-4-6-7-13-27-23(17-11-12-21(32-3)20(28)16-17)22(25(30)26(27)31)24(29)18-9-8-10-19(15-18)33-14-5-2/h8-12,15-16,23,28-29H,4-7,13-14H2,1-3H3/b24-22-. The molecular weight excluding hydrogens is 422 g/mol. The predicted octanol–water partition coefficient (Wildman–Crippen LogP) is 4.80. The third kappa shape index (κ3) is 5.13. The van der Waals surface area contributed by atoms with Gasteiger partial charge in [-0.2, -0.15) is 0 Å².